The van der Waals surface area contributed by atoms with Gasteiger partial charge in [0, 0.05) is 25.7 Å². The van der Waals surface area contributed by atoms with E-state index in [1.54, 1.807) is 83.1 Å². The molecule has 1 aliphatic heterocycles. The van der Waals surface area contributed by atoms with Gasteiger partial charge >= 0.3 is 11.9 Å². The number of carboxylic acid groups (broad SMARTS) is 1. The molecular formula is C82H143N17O22. The molecule has 39 nitrogen and oxygen atoms in total. The highest BCUT2D eigenvalue weighted by molar-refractivity contribution is 6.01. The van der Waals surface area contributed by atoms with Gasteiger partial charge in [0.05, 0.1) is 12.5 Å². The number of aliphatic hydroxyl groups is 1. The Morgan fingerprint density at radius 2 is 0.818 bits per heavy atom. The van der Waals surface area contributed by atoms with Gasteiger partial charge in [0.1, 0.15) is 91.2 Å². The van der Waals surface area contributed by atoms with Gasteiger partial charge in [-0.05, 0) is 118 Å². The summed E-state index contributed by atoms with van der Waals surface area (Å²) in [6.45, 7) is 28.8. The highest BCUT2D eigenvalue weighted by Crippen LogP contribution is 2.19. The van der Waals surface area contributed by atoms with E-state index >= 15 is 0 Å². The largest absolute Gasteiger partial charge is 0.481 e. The number of amides is 17. The summed E-state index contributed by atoms with van der Waals surface area (Å²) in [7, 11) is 0. The van der Waals surface area contributed by atoms with Crippen LogP contribution in [0.2, 0.25) is 0 Å². The average Bonchev–Trinajstić information content (AvgIpc) is 1.22. The molecule has 0 spiro atoms. The first kappa shape index (κ1) is 109. The van der Waals surface area contributed by atoms with Crippen molar-refractivity contribution < 1.29 is 106 Å². The molecule has 0 bridgehead atoms. The van der Waals surface area contributed by atoms with Crippen LogP contribution in [0.4, 0.5) is 0 Å². The van der Waals surface area contributed by atoms with E-state index in [0.29, 0.717) is 12.8 Å². The molecule has 688 valence electrons. The number of carboxylic acids is 1. The number of carbonyl (C=O) groups is 19. The van der Waals surface area contributed by atoms with Crippen molar-refractivity contribution in [2.24, 2.45) is 64.5 Å². The minimum Gasteiger partial charge on any atom is -0.481 e. The number of hydrogen-bond acceptors (Lipinski definition) is 21. The van der Waals surface area contributed by atoms with Gasteiger partial charge in [0.2, 0.25) is 100 Å². The number of ether oxygens (including phenoxy) is 1. The molecule has 0 saturated carbocycles. The summed E-state index contributed by atoms with van der Waals surface area (Å²) in [6, 6.07) is -22.0. The Kier molecular flexibility index (Phi) is 50.2. The lowest BCUT2D eigenvalue weighted by molar-refractivity contribution is -0.152. The maximum absolute atomic E-state index is 14.9. The van der Waals surface area contributed by atoms with Crippen molar-refractivity contribution in [3.05, 3.63) is 0 Å². The molecule has 0 aromatic carbocycles. The molecule has 1 fully saturated rings. The quantitative estimate of drug-likeness (QED) is 0.0275. The van der Waals surface area contributed by atoms with Crippen molar-refractivity contribution in [2.75, 3.05) is 6.61 Å². The number of nitrogens with one attached hydrogen (secondary N) is 14. The van der Waals surface area contributed by atoms with Crippen LogP contribution in [0, 0.1) is 47.3 Å². The van der Waals surface area contributed by atoms with Gasteiger partial charge in [-0.1, -0.05) is 156 Å². The monoisotopic (exact) mass is 1720 g/mol. The van der Waals surface area contributed by atoms with Gasteiger partial charge in [0.25, 0.3) is 0 Å². The molecule has 22 N–H and O–H groups in total. The van der Waals surface area contributed by atoms with Gasteiger partial charge in [-0.15, -0.1) is 0 Å². The van der Waals surface area contributed by atoms with E-state index in [1.165, 1.54) is 34.6 Å². The van der Waals surface area contributed by atoms with E-state index in [4.69, 9.17) is 21.9 Å². The van der Waals surface area contributed by atoms with E-state index in [-0.39, 0.29) is 74.5 Å². The molecule has 0 aliphatic carbocycles. The van der Waals surface area contributed by atoms with Crippen LogP contribution in [-0.2, 0) is 95.8 Å². The van der Waals surface area contributed by atoms with Crippen LogP contribution in [-0.4, -0.2) is 220 Å². The van der Waals surface area contributed by atoms with Gasteiger partial charge in [0.15, 0.2) is 0 Å². The van der Waals surface area contributed by atoms with Crippen LogP contribution in [0.1, 0.15) is 259 Å². The highest BCUT2D eigenvalue weighted by Gasteiger charge is 2.41. The molecule has 0 radical (unpaired) electrons. The number of nitrogens with two attached hydrogens (primary N) is 3. The number of aliphatic hydroxyl groups excluding tert-OH is 1. The van der Waals surface area contributed by atoms with Crippen molar-refractivity contribution in [2.45, 2.75) is 350 Å². The molecule has 1 saturated heterocycles. The molecule has 1 rings (SSSR count). The average molecular weight is 1720 g/mol. The topological polar surface area (TPSA) is 620 Å². The van der Waals surface area contributed by atoms with Gasteiger partial charge < -0.3 is 107 Å². The highest BCUT2D eigenvalue weighted by atomic mass is 16.5. The molecule has 16 atom stereocenters. The zero-order valence-electron chi connectivity index (χ0n) is 74.1. The van der Waals surface area contributed by atoms with Crippen LogP contribution in [0.15, 0.2) is 0 Å². The third-order valence-corrected chi connectivity index (χ3v) is 20.0. The lowest BCUT2D eigenvalue weighted by Crippen LogP contribution is -2.62. The summed E-state index contributed by atoms with van der Waals surface area (Å²) >= 11 is 0. The third-order valence-electron chi connectivity index (χ3n) is 20.0. The second kappa shape index (κ2) is 55.7. The molecule has 1 aliphatic rings. The van der Waals surface area contributed by atoms with Crippen LogP contribution >= 0.6 is 0 Å². The number of esters is 1. The first-order valence-corrected chi connectivity index (χ1v) is 42.6. The number of unbranched alkanes of at least 4 members (excludes halogenated alkanes) is 4. The fraction of sp³-hybridized carbons (Fsp3) is 0.768. The standard InChI is InChI=1S/C82H143N17O22/c1-19-21-22-23-24-25-50(100)39-64(104)87-55(34-41(3)4)75(113)91-54(29-33-65(105)106)70(108)88-52(27-31-62(84)102)72(110)97-66(46(13)14)80(118)94-56(35-42(5)6)74(112)86-49(18)69(107)96-60-40-121-82(120)68(48(17)20-2)99-73(111)53(28-32-63(85)103)90-76(114)57(36-43(7)8)93-78(116)58(37-44(9)10)92-71(109)51(26-30-61(83)101)89-77(115)59(38-45(11)12)95-81(119)67(47(15)16)98-79(60)117/h41-60,66-68,100H,19-40H2,1-18H3,(H2,83,101)(H2,84,102)(H2,85,103)(H,86,112)(H,87,104)(H,88,108)(H,89,115)(H,90,114)(H,91,113)(H,92,109)(H,93,116)(H,94,118)(H,95,119)(H,96,107)(H,97,110)(H,98,117)(H,99,111)(H,105,106)/t48-,49-,50?,51+,52+,53+,54+,55-,56+,57-,58-,59+,60+,66+,67+,68-/m0/s1. The predicted octanol–water partition coefficient (Wildman–Crippen LogP) is -0.288. The predicted molar refractivity (Wildman–Crippen MR) is 446 cm³/mol. The van der Waals surface area contributed by atoms with Crippen molar-refractivity contribution in [3.8, 4) is 0 Å². The molecule has 1 heterocycles. The summed E-state index contributed by atoms with van der Waals surface area (Å²) in [6.07, 6.45) is -0.519. The molecule has 0 aromatic heterocycles. The lowest BCUT2D eigenvalue weighted by atomic mass is 9.97. The smallest absolute Gasteiger partial charge is 0.329 e. The SMILES string of the molecule is CCCCCCCC(O)CC(=O)N[C@@H](CC(C)C)C(=O)N[C@H](CCC(=O)O)C(=O)N[C@H](CCC(N)=O)C(=O)N[C@@H](C(=O)N[C@H](CC(C)C)C(=O)N[C@@H](C)C(=O)N[C@@H]1COC(=O)[C@H]([C@@H](C)CC)NC(=O)[C@@H](CCC(N)=O)NC(=O)[C@H](CC(C)C)NC(=O)[C@H](CC(C)C)NC(=O)[C@@H](CCC(N)=O)NC(=O)[C@@H](CC(C)C)NC(=O)[C@@H](C(C)C)NC1=O)C(C)C. The first-order chi connectivity index (χ1) is 56.4. The zero-order chi connectivity index (χ0) is 92.4. The van der Waals surface area contributed by atoms with E-state index in [2.05, 4.69) is 81.4 Å². The number of primary amides is 3. The van der Waals surface area contributed by atoms with Crippen molar-refractivity contribution in [3.63, 3.8) is 0 Å². The lowest BCUT2D eigenvalue weighted by Gasteiger charge is -2.30. The van der Waals surface area contributed by atoms with Crippen LogP contribution < -0.4 is 91.6 Å². The Bertz CT molecular complexity index is 3480. The summed E-state index contributed by atoms with van der Waals surface area (Å²) < 4.78 is 5.77. The Labute approximate surface area is 711 Å². The first-order valence-electron chi connectivity index (χ1n) is 42.6. The maximum Gasteiger partial charge on any atom is 0.329 e. The summed E-state index contributed by atoms with van der Waals surface area (Å²) in [4.78, 5) is 265. The van der Waals surface area contributed by atoms with Crippen molar-refractivity contribution in [1.82, 2.24) is 74.4 Å². The fourth-order valence-electron chi connectivity index (χ4n) is 13.0. The van der Waals surface area contributed by atoms with E-state index in [9.17, 15) is 101 Å². The second-order valence-electron chi connectivity index (χ2n) is 34.5. The number of hydrogen-bond donors (Lipinski definition) is 19. The second-order valence-corrected chi connectivity index (χ2v) is 34.5. The molecule has 1 unspecified atom stereocenters. The minimum atomic E-state index is -1.99. The molecule has 121 heavy (non-hydrogen) atoms. The molecule has 0 aromatic rings. The van der Waals surface area contributed by atoms with Crippen LogP contribution in [0.3, 0.4) is 0 Å². The zero-order valence-corrected chi connectivity index (χ0v) is 74.1. The van der Waals surface area contributed by atoms with E-state index in [1.807, 2.05) is 0 Å². The third kappa shape index (κ3) is 43.3. The van der Waals surface area contributed by atoms with E-state index in [0.717, 1.165) is 25.7 Å². The maximum atomic E-state index is 14.9. The minimum absolute atomic E-state index is 0.0305. The molecule has 17 amide bonds. The number of rotatable bonds is 47. The van der Waals surface area contributed by atoms with Gasteiger partial charge in [-0.3, -0.25) is 86.3 Å². The van der Waals surface area contributed by atoms with Gasteiger partial charge in [-0.25, -0.2) is 4.79 Å². The van der Waals surface area contributed by atoms with Gasteiger partial charge in [-0.2, -0.15) is 0 Å². The molecular weight excluding hydrogens is 1570 g/mol. The number of carbonyl (C=O) groups excluding carboxylic acids is 18. The van der Waals surface area contributed by atoms with Crippen LogP contribution in [0.25, 0.3) is 0 Å². The fourth-order valence-corrected chi connectivity index (χ4v) is 13.0. The number of cyclic esters (lactones) is 1. The normalized spacial score (nSPS) is 20.9. The Morgan fingerprint density at radius 3 is 1.25 bits per heavy atom. The Hall–Kier alpha value is -10.1. The van der Waals surface area contributed by atoms with Crippen molar-refractivity contribution in [1.29, 1.82) is 0 Å². The molecule has 39 heteroatoms. The van der Waals surface area contributed by atoms with Crippen molar-refractivity contribution >= 4 is 112 Å². The Balaban J connectivity index is 4.06. The number of aliphatic carboxylic acids is 1. The Morgan fingerprint density at radius 1 is 0.421 bits per heavy atom. The van der Waals surface area contributed by atoms with E-state index < -0.39 is 279 Å². The summed E-state index contributed by atoms with van der Waals surface area (Å²) in [5.41, 5.74) is 16.6. The summed E-state index contributed by atoms with van der Waals surface area (Å²) in [5, 5.41) is 56.2. The summed E-state index contributed by atoms with van der Waals surface area (Å²) in [5.74, 6) is -23.0. The van der Waals surface area contributed by atoms with Crippen LogP contribution in [0.5, 0.6) is 0 Å².